The first-order valence-electron chi connectivity index (χ1n) is 11.0. The Balaban J connectivity index is 1.97. The lowest BCUT2D eigenvalue weighted by atomic mass is 9.90. The zero-order valence-electron chi connectivity index (χ0n) is 19.2. The van der Waals surface area contributed by atoms with Crippen LogP contribution in [0.15, 0.2) is 54.6 Å². The van der Waals surface area contributed by atoms with Gasteiger partial charge in [0, 0.05) is 23.7 Å². The lowest BCUT2D eigenvalue weighted by Gasteiger charge is -2.29. The Morgan fingerprint density at radius 3 is 2.54 bits per heavy atom. The van der Waals surface area contributed by atoms with Crippen LogP contribution in [0.25, 0.3) is 11.3 Å². The van der Waals surface area contributed by atoms with E-state index in [1.165, 1.54) is 37.1 Å². The predicted octanol–water partition coefficient (Wildman–Crippen LogP) is 3.23. The number of aliphatic hydroxyl groups excluding tert-OH is 1. The number of aliphatic hydroxyl groups is 2. The third-order valence-corrected chi connectivity index (χ3v) is 6.20. The van der Waals surface area contributed by atoms with E-state index in [2.05, 4.69) is 4.98 Å². The average Bonchev–Trinajstić information content (AvgIpc) is 3.26. The van der Waals surface area contributed by atoms with Crippen molar-refractivity contribution in [3.8, 4) is 11.3 Å². The van der Waals surface area contributed by atoms with Crippen molar-refractivity contribution in [2.75, 3.05) is 18.6 Å². The summed E-state index contributed by atoms with van der Waals surface area (Å²) in [6.45, 7) is 0.695. The molecule has 2 N–H and O–H groups in total. The molecule has 35 heavy (non-hydrogen) atoms. The SMILES string of the molecule is COC(=O)C1CCC(=O)N1c1cc(-c2cc(C)c(F)cc2F)nc([C@@](O)(CO)c2ccccc2)c1. The lowest BCUT2D eigenvalue weighted by molar-refractivity contribution is -0.142. The molecule has 0 spiro atoms. The summed E-state index contributed by atoms with van der Waals surface area (Å²) in [4.78, 5) is 30.8. The fourth-order valence-electron chi connectivity index (χ4n) is 4.26. The molecule has 3 aromatic rings. The fraction of sp³-hybridized carbons (Fsp3) is 0.269. The number of nitrogens with zero attached hydrogens (tertiary/aromatic N) is 2. The van der Waals surface area contributed by atoms with Crippen LogP contribution in [0, 0.1) is 18.6 Å². The average molecular weight is 482 g/mol. The molecule has 1 aliphatic heterocycles. The first-order chi connectivity index (χ1) is 16.7. The number of hydrogen-bond acceptors (Lipinski definition) is 6. The Morgan fingerprint density at radius 2 is 1.89 bits per heavy atom. The first-order valence-corrected chi connectivity index (χ1v) is 11.0. The standard InChI is InChI=1S/C26H24F2N2O5/c1-15-10-18(20(28)13-19(15)27)21-11-17(30-22(25(33)35-2)8-9-24(30)32)12-23(29-21)26(34,14-31)16-6-4-3-5-7-16/h3-7,10-13,22,31,34H,8-9,14H2,1-2H3/t22?,26-/m1/s1. The van der Waals surface area contributed by atoms with Crippen molar-refractivity contribution in [3.05, 3.63) is 83.1 Å². The Bertz CT molecular complexity index is 1280. The van der Waals surface area contributed by atoms with Gasteiger partial charge < -0.3 is 14.9 Å². The van der Waals surface area contributed by atoms with Crippen molar-refractivity contribution >= 4 is 17.6 Å². The van der Waals surface area contributed by atoms with E-state index in [9.17, 15) is 28.6 Å². The molecule has 1 fully saturated rings. The van der Waals surface area contributed by atoms with Crippen molar-refractivity contribution in [1.82, 2.24) is 4.98 Å². The molecule has 1 saturated heterocycles. The van der Waals surface area contributed by atoms with E-state index in [-0.39, 0.29) is 47.0 Å². The van der Waals surface area contributed by atoms with Crippen LogP contribution in [0.5, 0.6) is 0 Å². The molecule has 2 atom stereocenters. The highest BCUT2D eigenvalue weighted by Gasteiger charge is 2.40. The number of methoxy groups -OCH3 is 1. The van der Waals surface area contributed by atoms with E-state index in [0.717, 1.165) is 6.07 Å². The molecule has 1 unspecified atom stereocenters. The largest absolute Gasteiger partial charge is 0.467 e. The van der Waals surface area contributed by atoms with Crippen LogP contribution in [-0.2, 0) is 19.9 Å². The highest BCUT2D eigenvalue weighted by molar-refractivity contribution is 6.03. The first kappa shape index (κ1) is 24.4. The molecule has 9 heteroatoms. The third kappa shape index (κ3) is 4.40. The minimum Gasteiger partial charge on any atom is -0.467 e. The molecule has 0 bridgehead atoms. The Kier molecular flexibility index (Phi) is 6.64. The second-order valence-corrected chi connectivity index (χ2v) is 8.40. The number of hydrogen-bond donors (Lipinski definition) is 2. The molecular formula is C26H24F2N2O5. The second kappa shape index (κ2) is 9.52. The molecule has 2 heterocycles. The molecule has 0 saturated carbocycles. The van der Waals surface area contributed by atoms with Crippen LogP contribution in [-0.4, -0.2) is 46.8 Å². The van der Waals surface area contributed by atoms with Crippen LogP contribution in [0.3, 0.4) is 0 Å². The van der Waals surface area contributed by atoms with E-state index in [1.54, 1.807) is 30.3 Å². The molecule has 0 aliphatic carbocycles. The van der Waals surface area contributed by atoms with Gasteiger partial charge in [0.05, 0.1) is 25.1 Å². The second-order valence-electron chi connectivity index (χ2n) is 8.40. The van der Waals surface area contributed by atoms with Crippen molar-refractivity contribution in [2.24, 2.45) is 0 Å². The van der Waals surface area contributed by atoms with Gasteiger partial charge in [-0.05, 0) is 42.7 Å². The molecule has 1 aromatic heterocycles. The zero-order chi connectivity index (χ0) is 25.3. The van der Waals surface area contributed by atoms with Crippen molar-refractivity contribution in [1.29, 1.82) is 0 Å². The highest BCUT2D eigenvalue weighted by atomic mass is 19.1. The summed E-state index contributed by atoms with van der Waals surface area (Å²) in [5.74, 6) is -2.63. The Hall–Kier alpha value is -3.69. The van der Waals surface area contributed by atoms with Gasteiger partial charge in [-0.2, -0.15) is 0 Å². The Labute approximate surface area is 200 Å². The van der Waals surface area contributed by atoms with Crippen LogP contribution in [0.2, 0.25) is 0 Å². The topological polar surface area (TPSA) is 100.0 Å². The number of esters is 1. The highest BCUT2D eigenvalue weighted by Crippen LogP contribution is 2.37. The molecule has 0 radical (unpaired) electrons. The van der Waals surface area contributed by atoms with Gasteiger partial charge in [-0.25, -0.2) is 18.6 Å². The van der Waals surface area contributed by atoms with Crippen molar-refractivity contribution in [2.45, 2.75) is 31.4 Å². The summed E-state index contributed by atoms with van der Waals surface area (Å²) < 4.78 is 33.6. The number of anilines is 1. The van der Waals surface area contributed by atoms with Crippen molar-refractivity contribution < 1.29 is 33.3 Å². The van der Waals surface area contributed by atoms with Crippen LogP contribution in [0.1, 0.15) is 29.7 Å². The number of rotatable bonds is 6. The van der Waals surface area contributed by atoms with E-state index in [0.29, 0.717) is 5.56 Å². The van der Waals surface area contributed by atoms with Crippen LogP contribution < -0.4 is 4.90 Å². The summed E-state index contributed by atoms with van der Waals surface area (Å²) in [7, 11) is 1.21. The summed E-state index contributed by atoms with van der Waals surface area (Å²) in [5, 5.41) is 21.7. The maximum atomic E-state index is 14.8. The van der Waals surface area contributed by atoms with Gasteiger partial charge >= 0.3 is 5.97 Å². The summed E-state index contributed by atoms with van der Waals surface area (Å²) in [5.41, 5.74) is -1.53. The quantitative estimate of drug-likeness (QED) is 0.524. The van der Waals surface area contributed by atoms with Gasteiger partial charge in [0.15, 0.2) is 5.60 Å². The van der Waals surface area contributed by atoms with Crippen LogP contribution >= 0.6 is 0 Å². The van der Waals surface area contributed by atoms with Gasteiger partial charge in [-0.3, -0.25) is 9.69 Å². The van der Waals surface area contributed by atoms with Gasteiger partial charge in [0.25, 0.3) is 0 Å². The molecule has 2 aromatic carbocycles. The summed E-state index contributed by atoms with van der Waals surface area (Å²) in [6.07, 6.45) is 0.297. The molecule has 182 valence electrons. The monoisotopic (exact) mass is 482 g/mol. The number of ether oxygens (including phenoxy) is 1. The predicted molar refractivity (Wildman–Crippen MR) is 123 cm³/mol. The van der Waals surface area contributed by atoms with Gasteiger partial charge in [0.2, 0.25) is 5.91 Å². The number of aromatic nitrogens is 1. The smallest absolute Gasteiger partial charge is 0.328 e. The normalized spacial score (nSPS) is 17.4. The number of halogens is 2. The third-order valence-electron chi connectivity index (χ3n) is 6.20. The fourth-order valence-corrected chi connectivity index (χ4v) is 4.26. The summed E-state index contributed by atoms with van der Waals surface area (Å²) in [6, 6.07) is 12.1. The van der Waals surface area contributed by atoms with E-state index >= 15 is 0 Å². The maximum absolute atomic E-state index is 14.8. The lowest BCUT2D eigenvalue weighted by Crippen LogP contribution is -2.40. The molecule has 7 nitrogen and oxygen atoms in total. The summed E-state index contributed by atoms with van der Waals surface area (Å²) >= 11 is 0. The zero-order valence-corrected chi connectivity index (χ0v) is 19.2. The van der Waals surface area contributed by atoms with E-state index in [4.69, 9.17) is 4.74 Å². The number of pyridine rings is 1. The van der Waals surface area contributed by atoms with Crippen molar-refractivity contribution in [3.63, 3.8) is 0 Å². The Morgan fingerprint density at radius 1 is 1.17 bits per heavy atom. The number of amides is 1. The van der Waals surface area contributed by atoms with E-state index < -0.39 is 35.9 Å². The number of aryl methyl sites for hydroxylation is 1. The number of benzene rings is 2. The van der Waals surface area contributed by atoms with Crippen LogP contribution in [0.4, 0.5) is 14.5 Å². The molecular weight excluding hydrogens is 458 g/mol. The van der Waals surface area contributed by atoms with E-state index in [1.807, 2.05) is 0 Å². The molecule has 1 amide bonds. The number of carbonyl (C=O) groups is 2. The molecule has 1 aliphatic rings. The molecule has 4 rings (SSSR count). The minimum atomic E-state index is -2.01. The minimum absolute atomic E-state index is 0.00998. The van der Waals surface area contributed by atoms with Gasteiger partial charge in [0.1, 0.15) is 17.7 Å². The van der Waals surface area contributed by atoms with Gasteiger partial charge in [-0.1, -0.05) is 30.3 Å². The van der Waals surface area contributed by atoms with Gasteiger partial charge in [-0.15, -0.1) is 0 Å². The number of carbonyl (C=O) groups excluding carboxylic acids is 2. The maximum Gasteiger partial charge on any atom is 0.328 e.